The Balaban J connectivity index is 1.62. The molecule has 15 heavy (non-hydrogen) atoms. The van der Waals surface area contributed by atoms with E-state index in [1.165, 1.54) is 31.3 Å². The predicted octanol–water partition coefficient (Wildman–Crippen LogP) is 2.02. The van der Waals surface area contributed by atoms with Crippen molar-refractivity contribution in [2.45, 2.75) is 44.7 Å². The van der Waals surface area contributed by atoms with Crippen LogP contribution in [-0.2, 0) is 0 Å². The summed E-state index contributed by atoms with van der Waals surface area (Å²) in [6, 6.07) is 1.54. The summed E-state index contributed by atoms with van der Waals surface area (Å²) in [5.74, 6) is 0.958. The van der Waals surface area contributed by atoms with Gasteiger partial charge < -0.3 is 5.32 Å². The standard InChI is InChI=1S/C13H24N2/c1-10(8-14-13-6-7-13)9-15(3)11(2)12-4-5-12/h11-14H,1,4-9H2,2-3H3. The average Bonchev–Trinajstić information content (AvgIpc) is 3.02. The van der Waals surface area contributed by atoms with Crippen molar-refractivity contribution >= 4 is 0 Å². The van der Waals surface area contributed by atoms with E-state index in [2.05, 4.69) is 30.8 Å². The molecule has 0 amide bonds. The van der Waals surface area contributed by atoms with E-state index in [4.69, 9.17) is 0 Å². The van der Waals surface area contributed by atoms with Gasteiger partial charge in [-0.15, -0.1) is 0 Å². The third-order valence-electron chi connectivity index (χ3n) is 3.69. The minimum Gasteiger partial charge on any atom is -0.310 e. The maximum Gasteiger partial charge on any atom is 0.0202 e. The number of hydrogen-bond acceptors (Lipinski definition) is 2. The van der Waals surface area contributed by atoms with Gasteiger partial charge in [-0.25, -0.2) is 0 Å². The van der Waals surface area contributed by atoms with Crippen molar-refractivity contribution in [1.29, 1.82) is 0 Å². The van der Waals surface area contributed by atoms with E-state index in [1.54, 1.807) is 0 Å². The van der Waals surface area contributed by atoms with E-state index in [-0.39, 0.29) is 0 Å². The molecule has 0 bridgehead atoms. The highest BCUT2D eigenvalue weighted by molar-refractivity contribution is 5.02. The molecule has 2 fully saturated rings. The summed E-state index contributed by atoms with van der Waals surface area (Å²) in [6.07, 6.45) is 5.58. The maximum atomic E-state index is 4.15. The Morgan fingerprint density at radius 2 is 2.07 bits per heavy atom. The van der Waals surface area contributed by atoms with Gasteiger partial charge in [0.05, 0.1) is 0 Å². The number of rotatable bonds is 7. The zero-order chi connectivity index (χ0) is 10.8. The molecule has 1 unspecified atom stereocenters. The van der Waals surface area contributed by atoms with Crippen molar-refractivity contribution in [3.63, 3.8) is 0 Å². The largest absolute Gasteiger partial charge is 0.310 e. The fourth-order valence-electron chi connectivity index (χ4n) is 2.07. The Kier molecular flexibility index (Phi) is 3.47. The summed E-state index contributed by atoms with van der Waals surface area (Å²) < 4.78 is 0. The Morgan fingerprint density at radius 3 is 2.60 bits per heavy atom. The molecule has 0 radical (unpaired) electrons. The van der Waals surface area contributed by atoms with Gasteiger partial charge in [-0.1, -0.05) is 6.58 Å². The molecule has 2 heteroatoms. The van der Waals surface area contributed by atoms with E-state index in [1.807, 2.05) is 0 Å². The van der Waals surface area contributed by atoms with Gasteiger partial charge in [0, 0.05) is 25.2 Å². The lowest BCUT2D eigenvalue weighted by atomic mass is 10.1. The molecular formula is C13H24N2. The van der Waals surface area contributed by atoms with Crippen molar-refractivity contribution < 1.29 is 0 Å². The monoisotopic (exact) mass is 208 g/mol. The quantitative estimate of drug-likeness (QED) is 0.644. The second-order valence-electron chi connectivity index (χ2n) is 5.40. The first-order valence-electron chi connectivity index (χ1n) is 6.27. The summed E-state index contributed by atoms with van der Waals surface area (Å²) >= 11 is 0. The molecule has 2 nitrogen and oxygen atoms in total. The molecule has 0 spiro atoms. The number of nitrogens with zero attached hydrogens (tertiary/aromatic N) is 1. The first kappa shape index (κ1) is 11.2. The van der Waals surface area contributed by atoms with Gasteiger partial charge in [0.2, 0.25) is 0 Å². The van der Waals surface area contributed by atoms with E-state index in [0.29, 0.717) is 0 Å². The fraction of sp³-hybridized carbons (Fsp3) is 0.846. The lowest BCUT2D eigenvalue weighted by molar-refractivity contribution is 0.252. The van der Waals surface area contributed by atoms with Crippen LogP contribution in [0.2, 0.25) is 0 Å². The van der Waals surface area contributed by atoms with Gasteiger partial charge in [0.25, 0.3) is 0 Å². The number of nitrogens with one attached hydrogen (secondary N) is 1. The second-order valence-corrected chi connectivity index (χ2v) is 5.40. The summed E-state index contributed by atoms with van der Waals surface area (Å²) in [5, 5.41) is 3.52. The van der Waals surface area contributed by atoms with Crippen LogP contribution < -0.4 is 5.32 Å². The molecule has 2 aliphatic carbocycles. The molecule has 2 rings (SSSR count). The molecule has 0 aliphatic heterocycles. The van der Waals surface area contributed by atoms with Crippen molar-refractivity contribution in [1.82, 2.24) is 10.2 Å². The first-order chi connectivity index (χ1) is 7.16. The van der Waals surface area contributed by atoms with Gasteiger partial charge in [-0.05, 0) is 51.1 Å². The van der Waals surface area contributed by atoms with E-state index < -0.39 is 0 Å². The highest BCUT2D eigenvalue weighted by Crippen LogP contribution is 2.34. The van der Waals surface area contributed by atoms with Crippen LogP contribution in [0, 0.1) is 5.92 Å². The Labute approximate surface area is 93.7 Å². The van der Waals surface area contributed by atoms with Crippen LogP contribution >= 0.6 is 0 Å². The molecule has 1 atom stereocenters. The predicted molar refractivity (Wildman–Crippen MR) is 65.0 cm³/mol. The van der Waals surface area contributed by atoms with Crippen LogP contribution in [0.1, 0.15) is 32.6 Å². The van der Waals surface area contributed by atoms with Crippen molar-refractivity contribution in [2.24, 2.45) is 5.92 Å². The third-order valence-corrected chi connectivity index (χ3v) is 3.69. The fourth-order valence-corrected chi connectivity index (χ4v) is 2.07. The van der Waals surface area contributed by atoms with Gasteiger partial charge >= 0.3 is 0 Å². The number of likely N-dealkylation sites (N-methyl/N-ethyl adjacent to an activating group) is 1. The zero-order valence-electron chi connectivity index (χ0n) is 10.1. The van der Waals surface area contributed by atoms with Crippen LogP contribution in [0.15, 0.2) is 12.2 Å². The minimum absolute atomic E-state index is 0.739. The lowest BCUT2D eigenvalue weighted by Gasteiger charge is -2.25. The molecular weight excluding hydrogens is 184 g/mol. The molecule has 0 aromatic carbocycles. The first-order valence-corrected chi connectivity index (χ1v) is 6.27. The molecule has 0 aromatic rings. The molecule has 0 aromatic heterocycles. The van der Waals surface area contributed by atoms with Crippen LogP contribution in [0.3, 0.4) is 0 Å². The van der Waals surface area contributed by atoms with Crippen LogP contribution in [0.25, 0.3) is 0 Å². The SMILES string of the molecule is C=C(CNC1CC1)CN(C)C(C)C1CC1. The van der Waals surface area contributed by atoms with Gasteiger partial charge in [-0.2, -0.15) is 0 Å². The third kappa shape index (κ3) is 3.62. The summed E-state index contributed by atoms with van der Waals surface area (Å²) in [6.45, 7) is 8.56. The number of hydrogen-bond donors (Lipinski definition) is 1. The Morgan fingerprint density at radius 1 is 1.40 bits per heavy atom. The van der Waals surface area contributed by atoms with E-state index >= 15 is 0 Å². The normalized spacial score (nSPS) is 23.1. The van der Waals surface area contributed by atoms with Gasteiger partial charge in [-0.3, -0.25) is 4.90 Å². The smallest absolute Gasteiger partial charge is 0.0202 e. The highest BCUT2D eigenvalue weighted by atomic mass is 15.1. The summed E-state index contributed by atoms with van der Waals surface area (Å²) in [4.78, 5) is 2.45. The van der Waals surface area contributed by atoms with Crippen molar-refractivity contribution in [2.75, 3.05) is 20.1 Å². The van der Waals surface area contributed by atoms with Crippen molar-refractivity contribution in [3.05, 3.63) is 12.2 Å². The lowest BCUT2D eigenvalue weighted by Crippen LogP contribution is -2.34. The molecule has 0 saturated heterocycles. The van der Waals surface area contributed by atoms with Gasteiger partial charge in [0.1, 0.15) is 0 Å². The van der Waals surface area contributed by atoms with Crippen LogP contribution in [0.5, 0.6) is 0 Å². The van der Waals surface area contributed by atoms with Crippen molar-refractivity contribution in [3.8, 4) is 0 Å². The summed E-state index contributed by atoms with van der Waals surface area (Å²) in [7, 11) is 2.23. The van der Waals surface area contributed by atoms with E-state index in [0.717, 1.165) is 31.1 Å². The highest BCUT2D eigenvalue weighted by Gasteiger charge is 2.30. The van der Waals surface area contributed by atoms with Crippen LogP contribution in [-0.4, -0.2) is 37.1 Å². The molecule has 1 N–H and O–H groups in total. The van der Waals surface area contributed by atoms with E-state index in [9.17, 15) is 0 Å². The Bertz CT molecular complexity index is 229. The average molecular weight is 208 g/mol. The molecule has 86 valence electrons. The maximum absolute atomic E-state index is 4.15. The summed E-state index contributed by atoms with van der Waals surface area (Å²) in [5.41, 5.74) is 1.33. The van der Waals surface area contributed by atoms with Crippen LogP contribution in [0.4, 0.5) is 0 Å². The molecule has 2 saturated carbocycles. The minimum atomic E-state index is 0.739. The molecule has 0 heterocycles. The van der Waals surface area contributed by atoms with Gasteiger partial charge in [0.15, 0.2) is 0 Å². The zero-order valence-corrected chi connectivity index (χ0v) is 10.1. The topological polar surface area (TPSA) is 15.3 Å². The molecule has 2 aliphatic rings. The Hall–Kier alpha value is -0.340. The second kappa shape index (κ2) is 4.67.